The number of carboxylic acids is 1. The fourth-order valence-corrected chi connectivity index (χ4v) is 2.80. The Morgan fingerprint density at radius 2 is 2.11 bits per heavy atom. The van der Waals surface area contributed by atoms with E-state index < -0.39 is 11.9 Å². The Kier molecular flexibility index (Phi) is 5.75. The second-order valence-electron chi connectivity index (χ2n) is 6.21. The number of aliphatic carboxylic acids is 1. The van der Waals surface area contributed by atoms with Gasteiger partial charge in [0.1, 0.15) is 11.5 Å². The number of amides is 2. The van der Waals surface area contributed by atoms with Gasteiger partial charge in [-0.25, -0.2) is 9.78 Å². The summed E-state index contributed by atoms with van der Waals surface area (Å²) in [6.45, 7) is 1.00. The van der Waals surface area contributed by atoms with Crippen LogP contribution in [-0.4, -0.2) is 47.2 Å². The first-order valence-corrected chi connectivity index (χ1v) is 8.57. The summed E-state index contributed by atoms with van der Waals surface area (Å²) in [6.07, 6.45) is 2.11. The number of nitrogens with one attached hydrogen (secondary N) is 1. The van der Waals surface area contributed by atoms with Crippen molar-refractivity contribution in [2.24, 2.45) is 5.92 Å². The van der Waals surface area contributed by atoms with Crippen LogP contribution < -0.4 is 14.8 Å². The Bertz CT molecular complexity index is 809. The lowest BCUT2D eigenvalue weighted by Gasteiger charge is -2.16. The number of carboxylic acid groups (broad SMARTS) is 1. The zero-order valence-corrected chi connectivity index (χ0v) is 14.9. The number of urea groups is 1. The van der Waals surface area contributed by atoms with Crippen molar-refractivity contribution in [2.45, 2.75) is 13.0 Å². The minimum absolute atomic E-state index is 0.243. The molecule has 1 saturated heterocycles. The molecular formula is C19H21N3O5. The number of hydrogen-bond donors (Lipinski definition) is 2. The summed E-state index contributed by atoms with van der Waals surface area (Å²) in [5.74, 6) is 0.401. The van der Waals surface area contributed by atoms with E-state index in [0.717, 1.165) is 5.56 Å². The molecule has 8 heteroatoms. The van der Waals surface area contributed by atoms with Crippen LogP contribution in [0.4, 0.5) is 4.79 Å². The number of carbonyl (C=O) groups is 2. The van der Waals surface area contributed by atoms with Crippen LogP contribution in [0, 0.1) is 5.92 Å². The first-order valence-electron chi connectivity index (χ1n) is 8.57. The summed E-state index contributed by atoms with van der Waals surface area (Å²) >= 11 is 0. The molecule has 27 heavy (non-hydrogen) atoms. The molecule has 1 unspecified atom stereocenters. The Morgan fingerprint density at radius 1 is 1.30 bits per heavy atom. The largest absolute Gasteiger partial charge is 0.497 e. The average molecular weight is 371 g/mol. The van der Waals surface area contributed by atoms with Crippen LogP contribution in [0.25, 0.3) is 0 Å². The predicted octanol–water partition coefficient (Wildman–Crippen LogP) is 2.50. The van der Waals surface area contributed by atoms with Gasteiger partial charge in [0.25, 0.3) is 0 Å². The number of ether oxygens (including phenoxy) is 2. The van der Waals surface area contributed by atoms with E-state index in [2.05, 4.69) is 10.3 Å². The molecule has 2 heterocycles. The normalized spacial score (nSPS) is 16.0. The highest BCUT2D eigenvalue weighted by Gasteiger charge is 2.30. The van der Waals surface area contributed by atoms with Gasteiger partial charge in [-0.3, -0.25) is 4.79 Å². The van der Waals surface area contributed by atoms with Crippen molar-refractivity contribution in [2.75, 3.05) is 20.2 Å². The van der Waals surface area contributed by atoms with Gasteiger partial charge in [-0.2, -0.15) is 0 Å². The summed E-state index contributed by atoms with van der Waals surface area (Å²) in [5, 5.41) is 11.8. The van der Waals surface area contributed by atoms with E-state index in [0.29, 0.717) is 36.9 Å². The molecule has 1 fully saturated rings. The first kappa shape index (κ1) is 18.5. The average Bonchev–Trinajstić information content (AvgIpc) is 3.18. The molecule has 0 aliphatic carbocycles. The summed E-state index contributed by atoms with van der Waals surface area (Å²) in [5.41, 5.74) is 0.815. The molecule has 1 aromatic carbocycles. The number of likely N-dealkylation sites (tertiary alicyclic amines) is 1. The van der Waals surface area contributed by atoms with E-state index in [1.165, 1.54) is 4.90 Å². The van der Waals surface area contributed by atoms with Crippen molar-refractivity contribution in [3.8, 4) is 17.4 Å². The SMILES string of the molecule is COc1cccc(Oc2ccc(CNC(=O)N3CCC(C(=O)O)C3)cn2)c1. The first-order chi connectivity index (χ1) is 13.0. The van der Waals surface area contributed by atoms with Crippen LogP contribution >= 0.6 is 0 Å². The molecule has 8 nitrogen and oxygen atoms in total. The molecule has 1 aliphatic heterocycles. The van der Waals surface area contributed by atoms with Gasteiger partial charge in [-0.15, -0.1) is 0 Å². The number of pyridine rings is 1. The van der Waals surface area contributed by atoms with Crippen LogP contribution in [0.5, 0.6) is 17.4 Å². The van der Waals surface area contributed by atoms with E-state index in [-0.39, 0.29) is 12.6 Å². The Hall–Kier alpha value is -3.29. The molecule has 3 rings (SSSR count). The number of hydrogen-bond acceptors (Lipinski definition) is 5. The Morgan fingerprint density at radius 3 is 2.78 bits per heavy atom. The lowest BCUT2D eigenvalue weighted by Crippen LogP contribution is -2.38. The molecule has 1 aliphatic rings. The van der Waals surface area contributed by atoms with Crippen molar-refractivity contribution in [3.63, 3.8) is 0 Å². The quantitative estimate of drug-likeness (QED) is 0.809. The number of aromatic nitrogens is 1. The van der Waals surface area contributed by atoms with Crippen molar-refractivity contribution in [1.82, 2.24) is 15.2 Å². The molecule has 0 saturated carbocycles. The van der Waals surface area contributed by atoms with Crippen molar-refractivity contribution in [1.29, 1.82) is 0 Å². The highest BCUT2D eigenvalue weighted by atomic mass is 16.5. The third kappa shape index (κ3) is 4.87. The maximum absolute atomic E-state index is 12.1. The lowest BCUT2D eigenvalue weighted by molar-refractivity contribution is -0.141. The Labute approximate surface area is 156 Å². The second-order valence-corrected chi connectivity index (χ2v) is 6.21. The van der Waals surface area contributed by atoms with Gasteiger partial charge in [0.15, 0.2) is 0 Å². The lowest BCUT2D eigenvalue weighted by atomic mass is 10.1. The van der Waals surface area contributed by atoms with E-state index in [9.17, 15) is 9.59 Å². The van der Waals surface area contributed by atoms with E-state index in [4.69, 9.17) is 14.6 Å². The molecule has 1 atom stereocenters. The fraction of sp³-hybridized carbons (Fsp3) is 0.316. The number of carbonyl (C=O) groups excluding carboxylic acids is 1. The standard InChI is InChI=1S/C19H21N3O5/c1-26-15-3-2-4-16(9-15)27-17-6-5-13(10-20-17)11-21-19(25)22-8-7-14(12-22)18(23)24/h2-6,9-10,14H,7-8,11-12H2,1H3,(H,21,25)(H,23,24). The third-order valence-electron chi connectivity index (χ3n) is 4.33. The fourth-order valence-electron chi connectivity index (χ4n) is 2.80. The predicted molar refractivity (Wildman–Crippen MR) is 96.9 cm³/mol. The van der Waals surface area contributed by atoms with Crippen LogP contribution in [-0.2, 0) is 11.3 Å². The summed E-state index contributed by atoms with van der Waals surface area (Å²) in [6, 6.07) is 10.5. The van der Waals surface area contributed by atoms with Gasteiger partial charge in [-0.1, -0.05) is 12.1 Å². The van der Waals surface area contributed by atoms with Crippen LogP contribution in [0.3, 0.4) is 0 Å². The molecule has 2 aromatic rings. The van der Waals surface area contributed by atoms with Crippen molar-refractivity contribution >= 4 is 12.0 Å². The van der Waals surface area contributed by atoms with Gasteiger partial charge in [-0.05, 0) is 24.1 Å². The van der Waals surface area contributed by atoms with Gasteiger partial charge in [0.05, 0.1) is 13.0 Å². The van der Waals surface area contributed by atoms with Gasteiger partial charge < -0.3 is 24.8 Å². The topological polar surface area (TPSA) is 101 Å². The smallest absolute Gasteiger partial charge is 0.317 e. The number of rotatable bonds is 6. The molecule has 0 spiro atoms. The van der Waals surface area contributed by atoms with Crippen molar-refractivity contribution in [3.05, 3.63) is 48.2 Å². The number of methoxy groups -OCH3 is 1. The molecule has 2 amide bonds. The molecule has 2 N–H and O–H groups in total. The zero-order valence-electron chi connectivity index (χ0n) is 14.9. The highest BCUT2D eigenvalue weighted by Crippen LogP contribution is 2.23. The Balaban J connectivity index is 1.50. The minimum Gasteiger partial charge on any atom is -0.497 e. The van der Waals surface area contributed by atoms with Crippen molar-refractivity contribution < 1.29 is 24.2 Å². The monoisotopic (exact) mass is 371 g/mol. The maximum Gasteiger partial charge on any atom is 0.317 e. The van der Waals surface area contributed by atoms with E-state index >= 15 is 0 Å². The van der Waals surface area contributed by atoms with Gasteiger partial charge in [0, 0.05) is 38.0 Å². The second kappa shape index (κ2) is 8.39. The molecular weight excluding hydrogens is 350 g/mol. The van der Waals surface area contributed by atoms with Gasteiger partial charge in [0.2, 0.25) is 5.88 Å². The molecule has 0 radical (unpaired) electrons. The third-order valence-corrected chi connectivity index (χ3v) is 4.33. The molecule has 0 bridgehead atoms. The highest BCUT2D eigenvalue weighted by molar-refractivity contribution is 5.77. The molecule has 1 aromatic heterocycles. The summed E-state index contributed by atoms with van der Waals surface area (Å²) in [7, 11) is 1.59. The van der Waals surface area contributed by atoms with Gasteiger partial charge >= 0.3 is 12.0 Å². The van der Waals surface area contributed by atoms with E-state index in [1.807, 2.05) is 18.2 Å². The maximum atomic E-state index is 12.1. The zero-order chi connectivity index (χ0) is 19.2. The summed E-state index contributed by atoms with van der Waals surface area (Å²) in [4.78, 5) is 28.8. The van der Waals surface area contributed by atoms with Crippen LogP contribution in [0.15, 0.2) is 42.6 Å². The number of nitrogens with zero attached hydrogens (tertiary/aromatic N) is 2. The van der Waals surface area contributed by atoms with Crippen LogP contribution in [0.2, 0.25) is 0 Å². The minimum atomic E-state index is -0.860. The van der Waals surface area contributed by atoms with E-state index in [1.54, 1.807) is 31.5 Å². The van der Waals surface area contributed by atoms with Crippen LogP contribution in [0.1, 0.15) is 12.0 Å². The summed E-state index contributed by atoms with van der Waals surface area (Å²) < 4.78 is 10.8. The molecule has 142 valence electrons. The number of benzene rings is 1.